The average Bonchev–Trinajstić information content (AvgIpc) is 2.89. The van der Waals surface area contributed by atoms with Crippen molar-refractivity contribution in [1.29, 1.82) is 0 Å². The largest absolute Gasteiger partial charge is 0.308 e. The molecule has 1 aromatic rings. The first-order valence-corrected chi connectivity index (χ1v) is 7.88. The molecule has 0 radical (unpaired) electrons. The number of rotatable bonds is 7. The average molecular weight is 252 g/mol. The summed E-state index contributed by atoms with van der Waals surface area (Å²) in [6.45, 7) is 5.60. The van der Waals surface area contributed by atoms with Gasteiger partial charge in [-0.15, -0.1) is 11.3 Å². The van der Waals surface area contributed by atoms with Crippen LogP contribution in [0.3, 0.4) is 0 Å². The van der Waals surface area contributed by atoms with Gasteiger partial charge in [-0.1, -0.05) is 26.7 Å². The van der Waals surface area contributed by atoms with Crippen LogP contribution in [0.1, 0.15) is 67.6 Å². The van der Waals surface area contributed by atoms with E-state index in [4.69, 9.17) is 4.98 Å². The topological polar surface area (TPSA) is 24.9 Å². The molecule has 1 N–H and O–H groups in total. The van der Waals surface area contributed by atoms with E-state index in [1.54, 1.807) is 4.88 Å². The van der Waals surface area contributed by atoms with E-state index in [2.05, 4.69) is 19.2 Å². The summed E-state index contributed by atoms with van der Waals surface area (Å²) in [5.41, 5.74) is 1.39. The zero-order valence-corrected chi connectivity index (χ0v) is 11.9. The molecular weight excluding hydrogens is 228 g/mol. The highest BCUT2D eigenvalue weighted by molar-refractivity contribution is 7.11. The molecule has 0 aromatic carbocycles. The molecule has 2 rings (SSSR count). The number of nitrogens with zero attached hydrogens (tertiary/aromatic N) is 1. The smallest absolute Gasteiger partial charge is 0.110 e. The second-order valence-electron chi connectivity index (χ2n) is 4.92. The van der Waals surface area contributed by atoms with Gasteiger partial charge in [-0.3, -0.25) is 0 Å². The number of thiazole rings is 1. The van der Waals surface area contributed by atoms with Gasteiger partial charge in [-0.25, -0.2) is 4.98 Å². The number of fused-ring (bicyclic) bond motifs is 1. The quantitative estimate of drug-likeness (QED) is 0.797. The second-order valence-corrected chi connectivity index (χ2v) is 6.04. The van der Waals surface area contributed by atoms with E-state index < -0.39 is 0 Å². The molecule has 1 unspecified atom stereocenters. The molecule has 3 heteroatoms. The predicted octanol–water partition coefficient (Wildman–Crippen LogP) is 3.86. The molecule has 96 valence electrons. The Labute approximate surface area is 109 Å². The van der Waals surface area contributed by atoms with Gasteiger partial charge in [-0.2, -0.15) is 0 Å². The summed E-state index contributed by atoms with van der Waals surface area (Å²) in [6.07, 6.45) is 8.80. The molecule has 1 aliphatic rings. The van der Waals surface area contributed by atoms with Crippen molar-refractivity contribution >= 4 is 11.3 Å². The van der Waals surface area contributed by atoms with Crippen LogP contribution >= 0.6 is 11.3 Å². The van der Waals surface area contributed by atoms with Crippen molar-refractivity contribution < 1.29 is 0 Å². The van der Waals surface area contributed by atoms with Gasteiger partial charge in [-0.05, 0) is 38.6 Å². The molecule has 1 aliphatic carbocycles. The molecule has 1 aromatic heterocycles. The van der Waals surface area contributed by atoms with Crippen molar-refractivity contribution in [3.8, 4) is 0 Å². The number of aromatic nitrogens is 1. The Morgan fingerprint density at radius 3 is 2.88 bits per heavy atom. The summed E-state index contributed by atoms with van der Waals surface area (Å²) in [4.78, 5) is 6.41. The van der Waals surface area contributed by atoms with Crippen LogP contribution in [-0.4, -0.2) is 11.5 Å². The molecule has 0 saturated carbocycles. The Hall–Kier alpha value is -0.410. The molecule has 2 nitrogen and oxygen atoms in total. The first kappa shape index (κ1) is 13.0. The SMILES string of the molecule is CCCCC(NCCC)c1nc2c(s1)CCC2. The molecule has 0 aliphatic heterocycles. The number of hydrogen-bond donors (Lipinski definition) is 1. The zero-order chi connectivity index (χ0) is 12.1. The van der Waals surface area contributed by atoms with Gasteiger partial charge >= 0.3 is 0 Å². The van der Waals surface area contributed by atoms with Gasteiger partial charge in [0.15, 0.2) is 0 Å². The van der Waals surface area contributed by atoms with Crippen LogP contribution in [0.5, 0.6) is 0 Å². The maximum Gasteiger partial charge on any atom is 0.110 e. The third-order valence-electron chi connectivity index (χ3n) is 3.40. The lowest BCUT2D eigenvalue weighted by Crippen LogP contribution is -2.22. The monoisotopic (exact) mass is 252 g/mol. The zero-order valence-electron chi connectivity index (χ0n) is 11.1. The lowest BCUT2D eigenvalue weighted by molar-refractivity contribution is 0.479. The molecule has 0 bridgehead atoms. The van der Waals surface area contributed by atoms with Crippen LogP contribution in [0.15, 0.2) is 0 Å². The molecule has 17 heavy (non-hydrogen) atoms. The van der Waals surface area contributed by atoms with E-state index >= 15 is 0 Å². The Kier molecular flexibility index (Phi) is 4.99. The van der Waals surface area contributed by atoms with E-state index in [9.17, 15) is 0 Å². The normalized spacial score (nSPS) is 16.1. The van der Waals surface area contributed by atoms with E-state index in [0.717, 1.165) is 6.54 Å². The van der Waals surface area contributed by atoms with Crippen LogP contribution in [0.25, 0.3) is 0 Å². The highest BCUT2D eigenvalue weighted by atomic mass is 32.1. The van der Waals surface area contributed by atoms with Crippen molar-refractivity contribution in [2.75, 3.05) is 6.54 Å². The minimum absolute atomic E-state index is 0.505. The molecule has 1 heterocycles. The molecule has 1 atom stereocenters. The summed E-state index contributed by atoms with van der Waals surface area (Å²) in [5, 5.41) is 5.00. The summed E-state index contributed by atoms with van der Waals surface area (Å²) in [7, 11) is 0. The number of hydrogen-bond acceptors (Lipinski definition) is 3. The maximum atomic E-state index is 4.85. The number of aryl methyl sites for hydroxylation is 2. The summed E-state index contributed by atoms with van der Waals surface area (Å²) in [6, 6.07) is 0.505. The maximum absolute atomic E-state index is 4.85. The third kappa shape index (κ3) is 3.29. The molecular formula is C14H24N2S. The molecule has 0 amide bonds. The standard InChI is InChI=1S/C14H24N2S/c1-3-5-7-12(15-10-4-2)14-16-11-8-6-9-13(11)17-14/h12,15H,3-10H2,1-2H3. The van der Waals surface area contributed by atoms with Crippen molar-refractivity contribution in [2.24, 2.45) is 0 Å². The first-order valence-electron chi connectivity index (χ1n) is 7.07. The Balaban J connectivity index is 2.02. The number of unbranched alkanes of at least 4 members (excludes halogenated alkanes) is 1. The van der Waals surface area contributed by atoms with Crippen LogP contribution < -0.4 is 5.32 Å². The predicted molar refractivity (Wildman–Crippen MR) is 74.7 cm³/mol. The Morgan fingerprint density at radius 2 is 2.18 bits per heavy atom. The summed E-state index contributed by atoms with van der Waals surface area (Å²) in [5.74, 6) is 0. The van der Waals surface area contributed by atoms with Crippen LogP contribution in [0.4, 0.5) is 0 Å². The number of nitrogens with one attached hydrogen (secondary N) is 1. The van der Waals surface area contributed by atoms with E-state index in [-0.39, 0.29) is 0 Å². The van der Waals surface area contributed by atoms with Crippen LogP contribution in [0.2, 0.25) is 0 Å². The minimum atomic E-state index is 0.505. The van der Waals surface area contributed by atoms with Crippen molar-refractivity contribution in [2.45, 2.75) is 64.8 Å². The first-order chi connectivity index (χ1) is 8.35. The van der Waals surface area contributed by atoms with Crippen molar-refractivity contribution in [3.05, 3.63) is 15.6 Å². The molecule has 0 fully saturated rings. The summed E-state index contributed by atoms with van der Waals surface area (Å²) < 4.78 is 0. The lowest BCUT2D eigenvalue weighted by atomic mass is 10.1. The lowest BCUT2D eigenvalue weighted by Gasteiger charge is -2.15. The fraction of sp³-hybridized carbons (Fsp3) is 0.786. The highest BCUT2D eigenvalue weighted by Gasteiger charge is 2.21. The van der Waals surface area contributed by atoms with Gasteiger partial charge < -0.3 is 5.32 Å². The Morgan fingerprint density at radius 1 is 1.29 bits per heavy atom. The minimum Gasteiger partial charge on any atom is -0.308 e. The van der Waals surface area contributed by atoms with Gasteiger partial charge in [0.25, 0.3) is 0 Å². The Bertz CT molecular complexity index is 316. The van der Waals surface area contributed by atoms with E-state index in [1.807, 2.05) is 11.3 Å². The van der Waals surface area contributed by atoms with E-state index in [0.29, 0.717) is 6.04 Å². The van der Waals surface area contributed by atoms with Gasteiger partial charge in [0.1, 0.15) is 5.01 Å². The van der Waals surface area contributed by atoms with Crippen LogP contribution in [-0.2, 0) is 12.8 Å². The van der Waals surface area contributed by atoms with Gasteiger partial charge in [0.05, 0.1) is 11.7 Å². The molecule has 0 saturated heterocycles. The van der Waals surface area contributed by atoms with E-state index in [1.165, 1.54) is 55.6 Å². The fourth-order valence-electron chi connectivity index (χ4n) is 2.40. The van der Waals surface area contributed by atoms with Gasteiger partial charge in [0, 0.05) is 4.88 Å². The second kappa shape index (κ2) is 6.50. The third-order valence-corrected chi connectivity index (χ3v) is 4.67. The van der Waals surface area contributed by atoms with Crippen LogP contribution in [0, 0.1) is 0 Å². The summed E-state index contributed by atoms with van der Waals surface area (Å²) >= 11 is 1.96. The van der Waals surface area contributed by atoms with Crippen molar-refractivity contribution in [3.63, 3.8) is 0 Å². The van der Waals surface area contributed by atoms with Crippen molar-refractivity contribution in [1.82, 2.24) is 10.3 Å². The molecule has 0 spiro atoms. The van der Waals surface area contributed by atoms with Gasteiger partial charge in [0.2, 0.25) is 0 Å². The fourth-order valence-corrected chi connectivity index (χ4v) is 3.66. The highest BCUT2D eigenvalue weighted by Crippen LogP contribution is 2.32.